The lowest BCUT2D eigenvalue weighted by molar-refractivity contribution is 0.0931. The lowest BCUT2D eigenvalue weighted by Gasteiger charge is -2.10. The molecule has 2 heterocycles. The Morgan fingerprint density at radius 1 is 1.19 bits per heavy atom. The van der Waals surface area contributed by atoms with Crippen LogP contribution >= 0.6 is 11.3 Å². The summed E-state index contributed by atoms with van der Waals surface area (Å²) in [4.78, 5) is 28.6. The minimum atomic E-state index is -0.464. The van der Waals surface area contributed by atoms with Gasteiger partial charge in [0, 0.05) is 11.5 Å². The number of amides is 2. The number of rotatable bonds is 6. The molecule has 0 fully saturated rings. The van der Waals surface area contributed by atoms with Gasteiger partial charge in [0.25, 0.3) is 11.8 Å². The normalized spacial score (nSPS) is 12.1. The van der Waals surface area contributed by atoms with Gasteiger partial charge >= 0.3 is 0 Å². The first-order valence-electron chi connectivity index (χ1n) is 8.48. The summed E-state index contributed by atoms with van der Waals surface area (Å²) in [6.07, 6.45) is 0. The number of hydrogen-bond donors (Lipinski definition) is 2. The molecule has 3 aromatic rings. The Morgan fingerprint density at radius 2 is 1.96 bits per heavy atom. The van der Waals surface area contributed by atoms with E-state index >= 15 is 0 Å². The summed E-state index contributed by atoms with van der Waals surface area (Å²) in [7, 11) is 0. The summed E-state index contributed by atoms with van der Waals surface area (Å²) in [5.74, 6) is 0.411. The number of nitrogens with one attached hydrogen (secondary N) is 1. The van der Waals surface area contributed by atoms with Crippen LogP contribution in [0.25, 0.3) is 11.1 Å². The minimum absolute atomic E-state index is 0.151. The van der Waals surface area contributed by atoms with Gasteiger partial charge in [-0.25, -0.2) is 0 Å². The zero-order valence-corrected chi connectivity index (χ0v) is 16.0. The van der Waals surface area contributed by atoms with Crippen LogP contribution in [0, 0.1) is 0 Å². The Bertz CT molecular complexity index is 977. The summed E-state index contributed by atoms with van der Waals surface area (Å²) in [5, 5.41) is 8.61. The highest BCUT2D eigenvalue weighted by Crippen LogP contribution is 2.26. The number of aromatic nitrogens is 2. The SMILES string of the molecule is CC(C)c1noc([C@@H](C)NC(=O)c2cccc(-c3csc(C(N)=O)c3)c2)n1. The number of benzene rings is 1. The minimum Gasteiger partial charge on any atom is -0.365 e. The molecule has 0 aliphatic heterocycles. The highest BCUT2D eigenvalue weighted by atomic mass is 32.1. The van der Waals surface area contributed by atoms with Crippen LogP contribution in [0.1, 0.15) is 64.5 Å². The molecule has 0 aliphatic rings. The van der Waals surface area contributed by atoms with E-state index in [0.717, 1.165) is 11.1 Å². The van der Waals surface area contributed by atoms with Crippen molar-refractivity contribution in [2.24, 2.45) is 5.73 Å². The van der Waals surface area contributed by atoms with Crippen LogP contribution in [0.3, 0.4) is 0 Å². The van der Waals surface area contributed by atoms with Gasteiger partial charge in [0.1, 0.15) is 6.04 Å². The quantitative estimate of drug-likeness (QED) is 0.675. The molecule has 1 aromatic carbocycles. The van der Waals surface area contributed by atoms with Crippen molar-refractivity contribution in [2.75, 3.05) is 0 Å². The molecule has 0 spiro atoms. The van der Waals surface area contributed by atoms with Gasteiger partial charge in [-0.3, -0.25) is 9.59 Å². The van der Waals surface area contributed by atoms with Crippen LogP contribution < -0.4 is 11.1 Å². The third-order valence-electron chi connectivity index (χ3n) is 3.99. The topological polar surface area (TPSA) is 111 Å². The zero-order valence-electron chi connectivity index (χ0n) is 15.2. The molecule has 7 nitrogen and oxygen atoms in total. The molecular formula is C19H20N4O3S. The molecule has 0 bridgehead atoms. The van der Waals surface area contributed by atoms with Gasteiger partial charge in [-0.2, -0.15) is 4.98 Å². The first-order valence-corrected chi connectivity index (χ1v) is 9.36. The standard InChI is InChI=1S/C19H20N4O3S/c1-10(2)17-22-19(26-23-17)11(3)21-18(25)13-6-4-5-12(7-13)14-8-15(16(20)24)27-9-14/h4-11H,1-3H3,(H2,20,24)(H,21,25)/t11-/m1/s1. The maximum atomic E-state index is 12.6. The lowest BCUT2D eigenvalue weighted by Crippen LogP contribution is -2.26. The van der Waals surface area contributed by atoms with Crippen molar-refractivity contribution in [2.45, 2.75) is 32.7 Å². The van der Waals surface area contributed by atoms with Gasteiger partial charge in [0.2, 0.25) is 5.89 Å². The molecular weight excluding hydrogens is 364 g/mol. The number of thiophene rings is 1. The largest absolute Gasteiger partial charge is 0.365 e. The Labute approximate surface area is 160 Å². The summed E-state index contributed by atoms with van der Waals surface area (Å²) in [6, 6.07) is 8.46. The molecule has 27 heavy (non-hydrogen) atoms. The second kappa shape index (κ2) is 7.71. The van der Waals surface area contributed by atoms with Crippen LogP contribution in [0.15, 0.2) is 40.2 Å². The fourth-order valence-corrected chi connectivity index (χ4v) is 3.23. The predicted molar refractivity (Wildman–Crippen MR) is 103 cm³/mol. The van der Waals surface area contributed by atoms with E-state index in [-0.39, 0.29) is 11.8 Å². The summed E-state index contributed by atoms with van der Waals surface area (Å²) >= 11 is 1.28. The molecule has 140 valence electrons. The Balaban J connectivity index is 1.75. The van der Waals surface area contributed by atoms with E-state index in [9.17, 15) is 9.59 Å². The number of primary amides is 1. The van der Waals surface area contributed by atoms with Crippen molar-refractivity contribution in [3.05, 3.63) is 57.9 Å². The molecule has 0 saturated carbocycles. The summed E-state index contributed by atoms with van der Waals surface area (Å²) in [6.45, 7) is 5.73. The van der Waals surface area contributed by atoms with E-state index in [1.165, 1.54) is 11.3 Å². The van der Waals surface area contributed by atoms with Gasteiger partial charge in [0.15, 0.2) is 5.82 Å². The van der Waals surface area contributed by atoms with E-state index in [1.54, 1.807) is 31.2 Å². The number of carbonyl (C=O) groups excluding carboxylic acids is 2. The van der Waals surface area contributed by atoms with Crippen LogP contribution in [0.2, 0.25) is 0 Å². The third-order valence-corrected chi connectivity index (χ3v) is 4.94. The first-order chi connectivity index (χ1) is 12.8. The van der Waals surface area contributed by atoms with E-state index in [4.69, 9.17) is 10.3 Å². The maximum Gasteiger partial charge on any atom is 0.258 e. The van der Waals surface area contributed by atoms with Crippen molar-refractivity contribution in [1.29, 1.82) is 0 Å². The zero-order chi connectivity index (χ0) is 19.6. The molecule has 0 saturated heterocycles. The number of hydrogen-bond acceptors (Lipinski definition) is 6. The smallest absolute Gasteiger partial charge is 0.258 e. The Morgan fingerprint density at radius 3 is 2.59 bits per heavy atom. The van der Waals surface area contributed by atoms with Gasteiger partial charge in [-0.05, 0) is 41.6 Å². The summed E-state index contributed by atoms with van der Waals surface area (Å²) < 4.78 is 5.22. The van der Waals surface area contributed by atoms with Crippen molar-refractivity contribution < 1.29 is 14.1 Å². The van der Waals surface area contributed by atoms with Gasteiger partial charge < -0.3 is 15.6 Å². The highest BCUT2D eigenvalue weighted by molar-refractivity contribution is 7.12. The fraction of sp³-hybridized carbons (Fsp3) is 0.263. The number of nitrogens with zero attached hydrogens (tertiary/aromatic N) is 2. The van der Waals surface area contributed by atoms with Crippen LogP contribution in [-0.2, 0) is 0 Å². The molecule has 0 radical (unpaired) electrons. The van der Waals surface area contributed by atoms with Crippen LogP contribution in [0.4, 0.5) is 0 Å². The molecule has 2 amide bonds. The second-order valence-electron chi connectivity index (χ2n) is 6.49. The predicted octanol–water partition coefficient (Wildman–Crippen LogP) is 3.51. The van der Waals surface area contributed by atoms with E-state index in [2.05, 4.69) is 15.5 Å². The van der Waals surface area contributed by atoms with Crippen molar-refractivity contribution in [3.8, 4) is 11.1 Å². The molecule has 0 aliphatic carbocycles. The highest BCUT2D eigenvalue weighted by Gasteiger charge is 2.19. The van der Waals surface area contributed by atoms with Crippen molar-refractivity contribution in [1.82, 2.24) is 15.5 Å². The molecule has 2 aromatic heterocycles. The maximum absolute atomic E-state index is 12.6. The lowest BCUT2D eigenvalue weighted by atomic mass is 10.0. The molecule has 0 unspecified atom stereocenters. The molecule has 1 atom stereocenters. The van der Waals surface area contributed by atoms with E-state index < -0.39 is 11.9 Å². The van der Waals surface area contributed by atoms with Gasteiger partial charge in [-0.15, -0.1) is 11.3 Å². The van der Waals surface area contributed by atoms with Crippen LogP contribution in [0.5, 0.6) is 0 Å². The van der Waals surface area contributed by atoms with Gasteiger partial charge in [-0.1, -0.05) is 31.1 Å². The Hall–Kier alpha value is -3.00. The summed E-state index contributed by atoms with van der Waals surface area (Å²) in [5.41, 5.74) is 7.47. The molecule has 3 rings (SSSR count). The van der Waals surface area contributed by atoms with E-state index in [1.807, 2.05) is 25.3 Å². The average molecular weight is 384 g/mol. The van der Waals surface area contributed by atoms with Crippen molar-refractivity contribution in [3.63, 3.8) is 0 Å². The van der Waals surface area contributed by atoms with Crippen LogP contribution in [-0.4, -0.2) is 22.0 Å². The first kappa shape index (κ1) is 18.8. The average Bonchev–Trinajstić information content (AvgIpc) is 3.31. The third kappa shape index (κ3) is 4.22. The second-order valence-corrected chi connectivity index (χ2v) is 7.40. The van der Waals surface area contributed by atoms with Gasteiger partial charge in [0.05, 0.1) is 4.88 Å². The number of nitrogens with two attached hydrogens (primary N) is 1. The number of carbonyl (C=O) groups is 2. The monoisotopic (exact) mass is 384 g/mol. The Kier molecular flexibility index (Phi) is 5.36. The van der Waals surface area contributed by atoms with E-state index in [0.29, 0.717) is 22.2 Å². The molecule has 8 heteroatoms. The fourth-order valence-electron chi connectivity index (χ4n) is 2.46. The molecule has 3 N–H and O–H groups in total. The van der Waals surface area contributed by atoms with Crippen molar-refractivity contribution >= 4 is 23.2 Å².